The molecule has 0 saturated heterocycles. The third kappa shape index (κ3) is 4.62. The van der Waals surface area contributed by atoms with Crippen molar-refractivity contribution < 1.29 is 4.42 Å². The standard InChI is InChI=1S/C61H37NO/c1-2-17-38(18-3-1)39-33-34-59-50(35-39)48-37-57-49(36-47(48)41-20-5-4-19-40(41)45-24-10-15-32-58(45)63-59)44-23-9-14-30-55(44)62(57)56-31-16-29-54-60(56)46-25-8-13-28-53(46)61(54)51-26-11-6-21-42(51)43-22-7-12-27-52(43)61/h1-37H. The molecule has 2 heterocycles. The van der Waals surface area contributed by atoms with Gasteiger partial charge in [0.2, 0.25) is 0 Å². The van der Waals surface area contributed by atoms with E-state index in [4.69, 9.17) is 4.42 Å². The summed E-state index contributed by atoms with van der Waals surface area (Å²) in [6.07, 6.45) is 0. The Kier molecular flexibility index (Phi) is 7.07. The molecule has 0 atom stereocenters. The molecule has 0 N–H and O–H groups in total. The number of para-hydroxylation sites is 2. The first kappa shape index (κ1) is 34.5. The van der Waals surface area contributed by atoms with Crippen LogP contribution in [-0.2, 0) is 5.41 Å². The van der Waals surface area contributed by atoms with Crippen LogP contribution in [0.5, 0.6) is 0 Å². The van der Waals surface area contributed by atoms with Gasteiger partial charge in [0.15, 0.2) is 0 Å². The van der Waals surface area contributed by atoms with Gasteiger partial charge in [-0.15, -0.1) is 0 Å². The van der Waals surface area contributed by atoms with E-state index in [9.17, 15) is 0 Å². The van der Waals surface area contributed by atoms with E-state index >= 15 is 0 Å². The highest BCUT2D eigenvalue weighted by molar-refractivity contribution is 6.24. The van der Waals surface area contributed by atoms with Gasteiger partial charge >= 0.3 is 0 Å². The first-order valence-corrected chi connectivity index (χ1v) is 21.8. The minimum atomic E-state index is -0.440. The molecule has 63 heavy (non-hydrogen) atoms. The summed E-state index contributed by atoms with van der Waals surface area (Å²) >= 11 is 0. The van der Waals surface area contributed by atoms with Gasteiger partial charge in [-0.1, -0.05) is 182 Å². The molecule has 2 aliphatic carbocycles. The van der Waals surface area contributed by atoms with Crippen LogP contribution in [0, 0.1) is 0 Å². The Balaban J connectivity index is 1.17. The Morgan fingerprint density at radius 3 is 1.62 bits per heavy atom. The maximum Gasteiger partial charge on any atom is 0.135 e. The maximum atomic E-state index is 7.06. The highest BCUT2D eigenvalue weighted by Crippen LogP contribution is 2.63. The van der Waals surface area contributed by atoms with Crippen molar-refractivity contribution in [1.82, 2.24) is 4.57 Å². The lowest BCUT2D eigenvalue weighted by molar-refractivity contribution is 0.663. The molecule has 14 rings (SSSR count). The summed E-state index contributed by atoms with van der Waals surface area (Å²) in [6.45, 7) is 0. The average Bonchev–Trinajstić information content (AvgIpc) is 3.96. The second-order valence-electron chi connectivity index (χ2n) is 17.1. The van der Waals surface area contributed by atoms with Crippen LogP contribution in [0.3, 0.4) is 0 Å². The first-order chi connectivity index (χ1) is 31.3. The van der Waals surface area contributed by atoms with Gasteiger partial charge in [-0.3, -0.25) is 0 Å². The van der Waals surface area contributed by atoms with Crippen molar-refractivity contribution in [3.05, 3.63) is 247 Å². The van der Waals surface area contributed by atoms with Crippen LogP contribution in [0.15, 0.2) is 229 Å². The summed E-state index contributed by atoms with van der Waals surface area (Å²) in [5.41, 5.74) is 17.6. The van der Waals surface area contributed by atoms with Crippen molar-refractivity contribution in [1.29, 1.82) is 0 Å². The van der Waals surface area contributed by atoms with E-state index < -0.39 is 5.41 Å². The van der Waals surface area contributed by atoms with E-state index in [2.05, 4.69) is 229 Å². The van der Waals surface area contributed by atoms with Gasteiger partial charge in [0.1, 0.15) is 11.2 Å². The summed E-state index contributed by atoms with van der Waals surface area (Å²) in [7, 11) is 0. The molecule has 12 aromatic rings. The SMILES string of the molecule is c1ccc(-c2ccc3oc4ccccc4c4ccccc4c4cc5c6ccccc6n(-c6cccc7c6-c6ccccc6C76c7ccccc7-c7ccccc76)c5cc4c3c2)cc1. The summed E-state index contributed by atoms with van der Waals surface area (Å²) in [5.74, 6) is 0. The van der Waals surface area contributed by atoms with Crippen molar-refractivity contribution in [3.63, 3.8) is 0 Å². The molecule has 0 fully saturated rings. The van der Waals surface area contributed by atoms with Crippen LogP contribution < -0.4 is 0 Å². The van der Waals surface area contributed by atoms with E-state index in [1.807, 2.05) is 0 Å². The van der Waals surface area contributed by atoms with Gasteiger partial charge < -0.3 is 8.98 Å². The molecular formula is C61H37NO. The molecule has 292 valence electrons. The topological polar surface area (TPSA) is 18.1 Å². The summed E-state index contributed by atoms with van der Waals surface area (Å²) in [4.78, 5) is 0. The molecular weight excluding hydrogens is 763 g/mol. The van der Waals surface area contributed by atoms with Crippen LogP contribution in [-0.4, -0.2) is 4.57 Å². The number of fused-ring (bicyclic) bond motifs is 20. The highest BCUT2D eigenvalue weighted by Gasteiger charge is 2.52. The summed E-state index contributed by atoms with van der Waals surface area (Å²) in [5, 5.41) is 9.18. The van der Waals surface area contributed by atoms with Crippen molar-refractivity contribution in [3.8, 4) is 39.1 Å². The molecule has 0 saturated carbocycles. The van der Waals surface area contributed by atoms with Gasteiger partial charge in [0.05, 0.1) is 22.1 Å². The zero-order valence-corrected chi connectivity index (χ0v) is 34.2. The molecule has 0 unspecified atom stereocenters. The number of hydrogen-bond acceptors (Lipinski definition) is 1. The molecule has 2 heteroatoms. The molecule has 2 aliphatic rings. The van der Waals surface area contributed by atoms with Gasteiger partial charge in [0.25, 0.3) is 0 Å². The third-order valence-electron chi connectivity index (χ3n) is 14.0. The quantitative estimate of drug-likeness (QED) is 0.170. The van der Waals surface area contributed by atoms with Crippen molar-refractivity contribution in [2.24, 2.45) is 0 Å². The lowest BCUT2D eigenvalue weighted by Crippen LogP contribution is -2.25. The van der Waals surface area contributed by atoms with E-state index in [0.29, 0.717) is 0 Å². The number of benzene rings is 10. The second-order valence-corrected chi connectivity index (χ2v) is 17.1. The van der Waals surface area contributed by atoms with Crippen molar-refractivity contribution in [2.75, 3.05) is 0 Å². The van der Waals surface area contributed by atoms with Crippen LogP contribution >= 0.6 is 0 Å². The van der Waals surface area contributed by atoms with Crippen LogP contribution in [0.2, 0.25) is 0 Å². The van der Waals surface area contributed by atoms with Crippen LogP contribution in [0.1, 0.15) is 22.3 Å². The fourth-order valence-electron chi connectivity index (χ4n) is 11.5. The van der Waals surface area contributed by atoms with Crippen LogP contribution in [0.4, 0.5) is 0 Å². The second kappa shape index (κ2) is 12.9. The lowest BCUT2D eigenvalue weighted by atomic mass is 9.70. The monoisotopic (exact) mass is 799 g/mol. The van der Waals surface area contributed by atoms with E-state index in [0.717, 1.165) is 43.8 Å². The number of aromatic nitrogens is 1. The van der Waals surface area contributed by atoms with E-state index in [1.54, 1.807) is 0 Å². The number of rotatable bonds is 2. The molecule has 0 amide bonds. The predicted octanol–water partition coefficient (Wildman–Crippen LogP) is 16.1. The van der Waals surface area contributed by atoms with Gasteiger partial charge in [0, 0.05) is 27.1 Å². The molecule has 0 radical (unpaired) electrons. The molecule has 10 aromatic carbocycles. The zero-order chi connectivity index (χ0) is 41.2. The largest absolute Gasteiger partial charge is 0.456 e. The number of hydrogen-bond donors (Lipinski definition) is 0. The summed E-state index contributed by atoms with van der Waals surface area (Å²) < 4.78 is 9.60. The number of nitrogens with zero attached hydrogens (tertiary/aromatic N) is 1. The smallest absolute Gasteiger partial charge is 0.135 e. The Labute approximate surface area is 363 Å². The van der Waals surface area contributed by atoms with Crippen LogP contribution in [0.25, 0.3) is 104 Å². The summed E-state index contributed by atoms with van der Waals surface area (Å²) in [6, 6.07) is 82.7. The van der Waals surface area contributed by atoms with E-state index in [1.165, 1.54) is 82.8 Å². The van der Waals surface area contributed by atoms with Gasteiger partial charge in [-0.05, 0) is 114 Å². The minimum absolute atomic E-state index is 0.440. The Hall–Kier alpha value is -8.20. The van der Waals surface area contributed by atoms with E-state index in [-0.39, 0.29) is 0 Å². The third-order valence-corrected chi connectivity index (χ3v) is 14.0. The van der Waals surface area contributed by atoms with Gasteiger partial charge in [-0.25, -0.2) is 0 Å². The van der Waals surface area contributed by atoms with Crippen molar-refractivity contribution in [2.45, 2.75) is 5.41 Å². The van der Waals surface area contributed by atoms with Crippen molar-refractivity contribution >= 4 is 65.3 Å². The molecule has 2 aromatic heterocycles. The Morgan fingerprint density at radius 1 is 0.302 bits per heavy atom. The normalized spacial score (nSPS) is 13.2. The Bertz CT molecular complexity index is 3930. The van der Waals surface area contributed by atoms with Gasteiger partial charge in [-0.2, -0.15) is 0 Å². The maximum absolute atomic E-state index is 7.06. The fraction of sp³-hybridized carbons (Fsp3) is 0.0164. The zero-order valence-electron chi connectivity index (χ0n) is 34.2. The molecule has 0 bridgehead atoms. The fourth-order valence-corrected chi connectivity index (χ4v) is 11.5. The molecule has 1 spiro atoms. The molecule has 0 aliphatic heterocycles. The minimum Gasteiger partial charge on any atom is -0.456 e. The average molecular weight is 800 g/mol. The Morgan fingerprint density at radius 2 is 0.857 bits per heavy atom. The molecule has 2 nitrogen and oxygen atoms in total. The lowest BCUT2D eigenvalue weighted by Gasteiger charge is -2.30. The first-order valence-electron chi connectivity index (χ1n) is 21.8. The highest BCUT2D eigenvalue weighted by atomic mass is 16.3. The predicted molar refractivity (Wildman–Crippen MR) is 262 cm³/mol.